The van der Waals surface area contributed by atoms with E-state index in [1.165, 1.54) is 5.56 Å². The van der Waals surface area contributed by atoms with Crippen molar-refractivity contribution in [1.82, 2.24) is 0 Å². The molecule has 0 radical (unpaired) electrons. The molecule has 0 aromatic heterocycles. The highest BCUT2D eigenvalue weighted by Gasteiger charge is 2.19. The van der Waals surface area contributed by atoms with Crippen LogP contribution in [0.5, 0.6) is 5.75 Å². The molecule has 3 nitrogen and oxygen atoms in total. The Morgan fingerprint density at radius 1 is 1.15 bits per heavy atom. The van der Waals surface area contributed by atoms with Crippen molar-refractivity contribution in [3.63, 3.8) is 0 Å². The highest BCUT2D eigenvalue weighted by Crippen LogP contribution is 2.33. The van der Waals surface area contributed by atoms with Crippen molar-refractivity contribution < 1.29 is 4.74 Å². The van der Waals surface area contributed by atoms with Gasteiger partial charge in [0.15, 0.2) is 0 Å². The number of nitrogens with two attached hydrogens (primary N) is 1. The normalized spacial score (nSPS) is 14.4. The molecular formula is C16H17ClN2O. The predicted molar refractivity (Wildman–Crippen MR) is 82.3 cm³/mol. The van der Waals surface area contributed by atoms with Gasteiger partial charge in [-0.1, -0.05) is 41.9 Å². The van der Waals surface area contributed by atoms with Crippen LogP contribution in [0.4, 0.5) is 5.69 Å². The number of nitrogens with zero attached hydrogens (tertiary/aromatic N) is 1. The molecule has 0 saturated carbocycles. The maximum Gasteiger partial charge on any atom is 0.124 e. The topological polar surface area (TPSA) is 38.5 Å². The average Bonchev–Trinajstić information content (AvgIpc) is 2.68. The molecule has 3 rings (SSSR count). The molecule has 0 unspecified atom stereocenters. The van der Waals surface area contributed by atoms with Gasteiger partial charge < -0.3 is 15.4 Å². The highest BCUT2D eigenvalue weighted by atomic mass is 35.5. The number of para-hydroxylation sites is 2. The van der Waals surface area contributed by atoms with Crippen LogP contribution in [0.3, 0.4) is 0 Å². The van der Waals surface area contributed by atoms with Crippen molar-refractivity contribution in [2.24, 2.45) is 5.73 Å². The third-order valence-electron chi connectivity index (χ3n) is 3.56. The fourth-order valence-electron chi connectivity index (χ4n) is 2.60. The lowest BCUT2D eigenvalue weighted by Crippen LogP contribution is -2.27. The second-order valence-corrected chi connectivity index (χ2v) is 5.24. The molecule has 1 heterocycles. The summed E-state index contributed by atoms with van der Waals surface area (Å²) in [5.41, 5.74) is 9.11. The largest absolute Gasteiger partial charge is 0.491 e. The van der Waals surface area contributed by atoms with Gasteiger partial charge in [0.05, 0.1) is 17.3 Å². The summed E-state index contributed by atoms with van der Waals surface area (Å²) in [4.78, 5) is 2.25. The van der Waals surface area contributed by atoms with Gasteiger partial charge in [0.2, 0.25) is 0 Å². The summed E-state index contributed by atoms with van der Waals surface area (Å²) in [7, 11) is 0. The first-order valence-electron chi connectivity index (χ1n) is 6.72. The minimum absolute atomic E-state index is 0.481. The van der Waals surface area contributed by atoms with Gasteiger partial charge in [0.25, 0.3) is 0 Å². The summed E-state index contributed by atoms with van der Waals surface area (Å²) in [5, 5.41) is 0.743. The summed E-state index contributed by atoms with van der Waals surface area (Å²) in [6.45, 7) is 2.71. The zero-order chi connectivity index (χ0) is 13.9. The molecule has 20 heavy (non-hydrogen) atoms. The minimum Gasteiger partial charge on any atom is -0.491 e. The number of halogens is 1. The van der Waals surface area contributed by atoms with E-state index in [1.54, 1.807) is 0 Å². The summed E-state index contributed by atoms with van der Waals surface area (Å²) in [6.07, 6.45) is 0. The quantitative estimate of drug-likeness (QED) is 0.922. The number of hydrogen-bond donors (Lipinski definition) is 1. The molecule has 2 N–H and O–H groups in total. The molecule has 0 fully saturated rings. The Morgan fingerprint density at radius 3 is 2.85 bits per heavy atom. The smallest absolute Gasteiger partial charge is 0.124 e. The van der Waals surface area contributed by atoms with Crippen molar-refractivity contribution in [3.8, 4) is 5.75 Å². The first kappa shape index (κ1) is 13.3. The Hall–Kier alpha value is -1.71. The number of fused-ring (bicyclic) bond motifs is 1. The van der Waals surface area contributed by atoms with E-state index in [1.807, 2.05) is 36.4 Å². The lowest BCUT2D eigenvalue weighted by molar-refractivity contribution is 0.331. The van der Waals surface area contributed by atoms with Gasteiger partial charge in [0.1, 0.15) is 12.4 Å². The third kappa shape index (κ3) is 2.47. The van der Waals surface area contributed by atoms with Crippen LogP contribution < -0.4 is 15.4 Å². The van der Waals surface area contributed by atoms with Gasteiger partial charge in [0, 0.05) is 18.7 Å². The zero-order valence-electron chi connectivity index (χ0n) is 11.2. The van der Waals surface area contributed by atoms with Gasteiger partial charge in [-0.3, -0.25) is 0 Å². The third-order valence-corrected chi connectivity index (χ3v) is 3.86. The molecular weight excluding hydrogens is 272 g/mol. The Labute approximate surface area is 123 Å². The van der Waals surface area contributed by atoms with Crippen molar-refractivity contribution in [3.05, 3.63) is 58.6 Å². The van der Waals surface area contributed by atoms with Crippen LogP contribution in [0.1, 0.15) is 11.1 Å². The standard InChI is InChI=1S/C16H17ClN2O/c17-14-6-3-5-12(10-18)16(14)19-8-9-20-15-7-2-1-4-13(15)11-19/h1-7H,8-11,18H2. The lowest BCUT2D eigenvalue weighted by Gasteiger charge is -2.25. The molecule has 2 aromatic rings. The minimum atomic E-state index is 0.481. The van der Waals surface area contributed by atoms with Crippen molar-refractivity contribution >= 4 is 17.3 Å². The maximum absolute atomic E-state index is 6.38. The van der Waals surface area contributed by atoms with Crippen LogP contribution in [0.15, 0.2) is 42.5 Å². The zero-order valence-corrected chi connectivity index (χ0v) is 11.9. The molecule has 0 amide bonds. The van der Waals surface area contributed by atoms with Gasteiger partial charge in [-0.15, -0.1) is 0 Å². The average molecular weight is 289 g/mol. The molecule has 0 saturated heterocycles. The van der Waals surface area contributed by atoms with E-state index >= 15 is 0 Å². The van der Waals surface area contributed by atoms with E-state index in [9.17, 15) is 0 Å². The van der Waals surface area contributed by atoms with E-state index in [-0.39, 0.29) is 0 Å². The van der Waals surface area contributed by atoms with E-state index in [2.05, 4.69) is 11.0 Å². The van der Waals surface area contributed by atoms with Crippen molar-refractivity contribution in [2.75, 3.05) is 18.1 Å². The van der Waals surface area contributed by atoms with Crippen LogP contribution in [0, 0.1) is 0 Å². The lowest BCUT2D eigenvalue weighted by atomic mass is 10.1. The first-order valence-corrected chi connectivity index (χ1v) is 7.10. The monoisotopic (exact) mass is 288 g/mol. The van der Waals surface area contributed by atoms with Crippen LogP contribution in [0.2, 0.25) is 5.02 Å². The van der Waals surface area contributed by atoms with E-state index in [0.717, 1.165) is 35.1 Å². The van der Waals surface area contributed by atoms with Gasteiger partial charge in [-0.05, 0) is 17.7 Å². The summed E-state index contributed by atoms with van der Waals surface area (Å²) in [6, 6.07) is 14.0. The SMILES string of the molecule is NCc1cccc(Cl)c1N1CCOc2ccccc2C1. The Morgan fingerprint density at radius 2 is 2.00 bits per heavy atom. The van der Waals surface area contributed by atoms with Crippen molar-refractivity contribution in [1.29, 1.82) is 0 Å². The predicted octanol–water partition coefficient (Wildman–Crippen LogP) is 3.20. The van der Waals surface area contributed by atoms with Crippen LogP contribution in [0.25, 0.3) is 0 Å². The number of hydrogen-bond acceptors (Lipinski definition) is 3. The van der Waals surface area contributed by atoms with Gasteiger partial charge in [-0.2, -0.15) is 0 Å². The van der Waals surface area contributed by atoms with Crippen LogP contribution in [-0.4, -0.2) is 13.2 Å². The highest BCUT2D eigenvalue weighted by molar-refractivity contribution is 6.33. The molecule has 1 aliphatic rings. The Kier molecular flexibility index (Phi) is 3.81. The Balaban J connectivity index is 2.00. The Bertz CT molecular complexity index is 615. The van der Waals surface area contributed by atoms with Gasteiger partial charge >= 0.3 is 0 Å². The van der Waals surface area contributed by atoms with Crippen LogP contribution >= 0.6 is 11.6 Å². The van der Waals surface area contributed by atoms with E-state index in [4.69, 9.17) is 22.1 Å². The molecule has 0 bridgehead atoms. The maximum atomic E-state index is 6.38. The first-order chi connectivity index (χ1) is 9.79. The number of ether oxygens (including phenoxy) is 1. The molecule has 0 spiro atoms. The number of rotatable bonds is 2. The summed E-state index contributed by atoms with van der Waals surface area (Å²) >= 11 is 6.38. The number of benzene rings is 2. The van der Waals surface area contributed by atoms with Crippen molar-refractivity contribution in [2.45, 2.75) is 13.1 Å². The molecule has 2 aromatic carbocycles. The summed E-state index contributed by atoms with van der Waals surface area (Å²) in [5.74, 6) is 0.955. The summed E-state index contributed by atoms with van der Waals surface area (Å²) < 4.78 is 5.80. The molecule has 4 heteroatoms. The second kappa shape index (κ2) is 5.73. The molecule has 0 aliphatic carbocycles. The fraction of sp³-hybridized carbons (Fsp3) is 0.250. The van der Waals surface area contributed by atoms with E-state index < -0.39 is 0 Å². The molecule has 104 valence electrons. The second-order valence-electron chi connectivity index (χ2n) is 4.83. The van der Waals surface area contributed by atoms with Crippen LogP contribution in [-0.2, 0) is 13.1 Å². The van der Waals surface area contributed by atoms with E-state index in [0.29, 0.717) is 13.2 Å². The fourth-order valence-corrected chi connectivity index (χ4v) is 2.91. The molecule has 0 atom stereocenters. The molecule has 1 aliphatic heterocycles. The number of anilines is 1. The van der Waals surface area contributed by atoms with Gasteiger partial charge in [-0.25, -0.2) is 0 Å².